The number of nitrogens with zero attached hydrogens (tertiary/aromatic N) is 4. The number of rotatable bonds is 7. The van der Waals surface area contributed by atoms with E-state index in [4.69, 9.17) is 9.97 Å². The molecule has 1 fully saturated rings. The molecular weight excluding hydrogens is 384 g/mol. The van der Waals surface area contributed by atoms with Crippen LogP contribution in [0.15, 0.2) is 24.3 Å². The lowest BCUT2D eigenvalue weighted by Crippen LogP contribution is -2.49. The molecule has 5 nitrogen and oxygen atoms in total. The van der Waals surface area contributed by atoms with Crippen LogP contribution in [0.1, 0.15) is 74.7 Å². The van der Waals surface area contributed by atoms with Crippen LogP contribution in [0.2, 0.25) is 0 Å². The van der Waals surface area contributed by atoms with Crippen LogP contribution in [-0.2, 0) is 11.2 Å². The van der Waals surface area contributed by atoms with Crippen LogP contribution >= 0.6 is 0 Å². The van der Waals surface area contributed by atoms with Crippen LogP contribution in [0.5, 0.6) is 0 Å². The number of piperazine rings is 1. The van der Waals surface area contributed by atoms with Gasteiger partial charge in [-0.05, 0) is 31.7 Å². The largest absolute Gasteiger partial charge is 0.353 e. The van der Waals surface area contributed by atoms with Crippen LogP contribution < -0.4 is 4.90 Å². The van der Waals surface area contributed by atoms with Gasteiger partial charge in [-0.1, -0.05) is 57.5 Å². The van der Waals surface area contributed by atoms with Crippen LogP contribution in [-0.4, -0.2) is 47.0 Å². The molecule has 1 aliphatic rings. The molecule has 0 N–H and O–H groups in total. The minimum atomic E-state index is 0.272. The summed E-state index contributed by atoms with van der Waals surface area (Å²) in [5, 5.41) is 0. The van der Waals surface area contributed by atoms with E-state index >= 15 is 0 Å². The van der Waals surface area contributed by atoms with Crippen molar-refractivity contribution in [3.8, 4) is 0 Å². The van der Waals surface area contributed by atoms with E-state index in [1.54, 1.807) is 0 Å². The maximum atomic E-state index is 12.5. The van der Waals surface area contributed by atoms with E-state index < -0.39 is 0 Å². The van der Waals surface area contributed by atoms with Gasteiger partial charge >= 0.3 is 0 Å². The van der Waals surface area contributed by atoms with E-state index in [0.717, 1.165) is 56.4 Å². The quantitative estimate of drug-likeness (QED) is 0.637. The van der Waals surface area contributed by atoms with Gasteiger partial charge in [0.25, 0.3) is 0 Å². The zero-order chi connectivity index (χ0) is 22.5. The molecule has 3 rings (SSSR count). The number of carbonyl (C=O) groups excluding carboxylic acids is 1. The highest BCUT2D eigenvalue weighted by Crippen LogP contribution is 2.28. The zero-order valence-corrected chi connectivity index (χ0v) is 20.1. The maximum Gasteiger partial charge on any atom is 0.222 e. The first-order valence-electron chi connectivity index (χ1n) is 11.7. The number of hydrogen-bond acceptors (Lipinski definition) is 4. The van der Waals surface area contributed by atoms with Crippen LogP contribution in [0.3, 0.4) is 0 Å². The molecule has 1 aromatic carbocycles. The highest BCUT2D eigenvalue weighted by atomic mass is 16.2. The SMILES string of the molecule is CC[C@@H](C)c1nc(C)c(Cc2cccc(C)c2)c(N2CCN(C(=O)CC(C)C)CC2)n1. The number of aromatic nitrogens is 2. The Labute approximate surface area is 187 Å². The number of amides is 1. The highest BCUT2D eigenvalue weighted by Gasteiger charge is 2.26. The van der Waals surface area contributed by atoms with Crippen molar-refractivity contribution in [2.75, 3.05) is 31.1 Å². The topological polar surface area (TPSA) is 49.3 Å². The number of benzene rings is 1. The molecule has 1 aliphatic heterocycles. The summed E-state index contributed by atoms with van der Waals surface area (Å²) < 4.78 is 0. The molecule has 31 heavy (non-hydrogen) atoms. The zero-order valence-electron chi connectivity index (χ0n) is 20.1. The Hall–Kier alpha value is -2.43. The Morgan fingerprint density at radius 2 is 1.77 bits per heavy atom. The summed E-state index contributed by atoms with van der Waals surface area (Å²) in [5.74, 6) is 2.99. The van der Waals surface area contributed by atoms with Gasteiger partial charge in [-0.2, -0.15) is 0 Å². The summed E-state index contributed by atoms with van der Waals surface area (Å²) in [6.45, 7) is 16.0. The third kappa shape index (κ3) is 5.84. The van der Waals surface area contributed by atoms with Crippen molar-refractivity contribution in [3.63, 3.8) is 0 Å². The van der Waals surface area contributed by atoms with E-state index in [0.29, 0.717) is 18.3 Å². The average molecular weight is 423 g/mol. The predicted octanol–water partition coefficient (Wildman–Crippen LogP) is 4.89. The van der Waals surface area contributed by atoms with Crippen molar-refractivity contribution < 1.29 is 4.79 Å². The average Bonchev–Trinajstić information content (AvgIpc) is 2.74. The van der Waals surface area contributed by atoms with Crippen molar-refractivity contribution in [2.45, 2.75) is 66.7 Å². The molecule has 0 radical (unpaired) electrons. The van der Waals surface area contributed by atoms with Gasteiger partial charge in [0, 0.05) is 56.2 Å². The molecule has 0 saturated carbocycles. The minimum Gasteiger partial charge on any atom is -0.353 e. The number of carbonyl (C=O) groups is 1. The first kappa shape index (κ1) is 23.2. The van der Waals surface area contributed by atoms with E-state index in [2.05, 4.69) is 70.7 Å². The summed E-state index contributed by atoms with van der Waals surface area (Å²) in [6.07, 6.45) is 2.48. The lowest BCUT2D eigenvalue weighted by Gasteiger charge is -2.37. The molecule has 5 heteroatoms. The molecule has 1 aromatic heterocycles. The van der Waals surface area contributed by atoms with Crippen LogP contribution in [0.25, 0.3) is 0 Å². The molecule has 1 saturated heterocycles. The van der Waals surface area contributed by atoms with Crippen molar-refractivity contribution in [1.82, 2.24) is 14.9 Å². The molecule has 168 valence electrons. The molecule has 2 aromatic rings. The Morgan fingerprint density at radius 3 is 2.39 bits per heavy atom. The van der Waals surface area contributed by atoms with Crippen molar-refractivity contribution in [1.29, 1.82) is 0 Å². The van der Waals surface area contributed by atoms with Gasteiger partial charge in [0.1, 0.15) is 11.6 Å². The number of aryl methyl sites for hydroxylation is 2. The second-order valence-electron chi connectivity index (χ2n) is 9.41. The molecule has 0 bridgehead atoms. The van der Waals surface area contributed by atoms with Gasteiger partial charge in [0.2, 0.25) is 5.91 Å². The molecule has 0 spiro atoms. The third-order valence-electron chi connectivity index (χ3n) is 6.24. The molecule has 2 heterocycles. The summed E-state index contributed by atoms with van der Waals surface area (Å²) in [4.78, 5) is 26.9. The van der Waals surface area contributed by atoms with Crippen LogP contribution in [0, 0.1) is 19.8 Å². The fourth-order valence-corrected chi connectivity index (χ4v) is 4.15. The first-order valence-corrected chi connectivity index (χ1v) is 11.7. The van der Waals surface area contributed by atoms with Gasteiger partial charge in [0.05, 0.1) is 0 Å². The normalized spacial score (nSPS) is 15.5. The third-order valence-corrected chi connectivity index (χ3v) is 6.24. The summed E-state index contributed by atoms with van der Waals surface area (Å²) in [6, 6.07) is 8.68. The first-order chi connectivity index (χ1) is 14.8. The van der Waals surface area contributed by atoms with E-state index in [1.165, 1.54) is 16.7 Å². The predicted molar refractivity (Wildman–Crippen MR) is 128 cm³/mol. The molecular formula is C26H38N4O. The smallest absolute Gasteiger partial charge is 0.222 e. The van der Waals surface area contributed by atoms with Gasteiger partial charge in [0.15, 0.2) is 0 Å². The Bertz CT molecular complexity index is 900. The number of anilines is 1. The fourth-order valence-electron chi connectivity index (χ4n) is 4.15. The number of hydrogen-bond donors (Lipinski definition) is 0. The van der Waals surface area contributed by atoms with E-state index in [-0.39, 0.29) is 5.91 Å². The monoisotopic (exact) mass is 422 g/mol. The van der Waals surface area contributed by atoms with Gasteiger partial charge in [-0.25, -0.2) is 9.97 Å². The van der Waals surface area contributed by atoms with Gasteiger partial charge < -0.3 is 9.80 Å². The minimum absolute atomic E-state index is 0.272. The Balaban J connectivity index is 1.88. The highest BCUT2D eigenvalue weighted by molar-refractivity contribution is 5.76. The second-order valence-corrected chi connectivity index (χ2v) is 9.41. The second kappa shape index (κ2) is 10.3. The molecule has 1 atom stereocenters. The van der Waals surface area contributed by atoms with Crippen LogP contribution in [0.4, 0.5) is 5.82 Å². The van der Waals surface area contributed by atoms with Gasteiger partial charge in [-0.15, -0.1) is 0 Å². The van der Waals surface area contributed by atoms with E-state index in [1.807, 2.05) is 4.90 Å². The maximum absolute atomic E-state index is 12.5. The van der Waals surface area contributed by atoms with Gasteiger partial charge in [-0.3, -0.25) is 4.79 Å². The molecule has 1 amide bonds. The standard InChI is InChI=1S/C26H38N4O/c1-7-20(5)25-27-21(6)23(17-22-10-8-9-19(4)16-22)26(28-25)30-13-11-29(12-14-30)24(31)15-18(2)3/h8-10,16,18,20H,7,11-15,17H2,1-6H3/t20-/m1/s1. The molecule has 0 unspecified atom stereocenters. The Kier molecular flexibility index (Phi) is 7.69. The lowest BCUT2D eigenvalue weighted by molar-refractivity contribution is -0.132. The molecule has 0 aliphatic carbocycles. The summed E-state index contributed by atoms with van der Waals surface area (Å²) >= 11 is 0. The fraction of sp³-hybridized carbons (Fsp3) is 0.577. The summed E-state index contributed by atoms with van der Waals surface area (Å²) in [7, 11) is 0. The Morgan fingerprint density at radius 1 is 1.06 bits per heavy atom. The lowest BCUT2D eigenvalue weighted by atomic mass is 10.0. The van der Waals surface area contributed by atoms with Crippen molar-refractivity contribution in [3.05, 3.63) is 52.5 Å². The van der Waals surface area contributed by atoms with E-state index in [9.17, 15) is 4.79 Å². The van der Waals surface area contributed by atoms with Crippen molar-refractivity contribution in [2.24, 2.45) is 5.92 Å². The summed E-state index contributed by atoms with van der Waals surface area (Å²) in [5.41, 5.74) is 4.83. The van der Waals surface area contributed by atoms with Crippen molar-refractivity contribution >= 4 is 11.7 Å².